The normalized spacial score (nSPS) is 10.3. The summed E-state index contributed by atoms with van der Waals surface area (Å²) < 4.78 is 10.5. The van der Waals surface area contributed by atoms with Crippen molar-refractivity contribution in [3.8, 4) is 33.8 Å². The molecule has 4 nitrogen and oxygen atoms in total. The van der Waals surface area contributed by atoms with Crippen LogP contribution in [0.2, 0.25) is 0 Å². The first-order valence-corrected chi connectivity index (χ1v) is 10.4. The molecular weight excluding hydrogens is 400 g/mol. The van der Waals surface area contributed by atoms with Crippen molar-refractivity contribution in [2.75, 3.05) is 0 Å². The van der Waals surface area contributed by atoms with Crippen LogP contribution in [0.1, 0.15) is 32.8 Å². The van der Waals surface area contributed by atoms with Crippen LogP contribution in [0.15, 0.2) is 85.5 Å². The monoisotopic (exact) mass is 426 g/mol. The molecule has 0 fully saturated rings. The number of ether oxygens (including phenoxy) is 2. The minimum absolute atomic E-state index is 0.262. The number of hydrogen-bond acceptors (Lipinski definition) is 4. The maximum atomic E-state index is 11.7. The van der Waals surface area contributed by atoms with Crippen LogP contribution >= 0.6 is 0 Å². The van der Waals surface area contributed by atoms with Crippen molar-refractivity contribution < 1.29 is 19.1 Å². The summed E-state index contributed by atoms with van der Waals surface area (Å²) in [7, 11) is 0. The van der Waals surface area contributed by atoms with Crippen LogP contribution < -0.4 is 9.47 Å². The predicted octanol–water partition coefficient (Wildman–Crippen LogP) is 6.85. The molecule has 0 heterocycles. The minimum Gasteiger partial charge on any atom is -0.427 e. The summed E-state index contributed by atoms with van der Waals surface area (Å²) >= 11 is 0. The fourth-order valence-electron chi connectivity index (χ4n) is 3.04. The van der Waals surface area contributed by atoms with E-state index in [0.717, 1.165) is 33.4 Å². The number of benzene rings is 3. The van der Waals surface area contributed by atoms with Crippen LogP contribution in [0.5, 0.6) is 11.5 Å². The lowest BCUT2D eigenvalue weighted by Crippen LogP contribution is -2.07. The van der Waals surface area contributed by atoms with Gasteiger partial charge in [0.2, 0.25) is 0 Å². The number of hydrogen-bond donors (Lipinski definition) is 0. The molecule has 0 amide bonds. The van der Waals surface area contributed by atoms with Crippen LogP contribution in [0, 0.1) is 0 Å². The smallest absolute Gasteiger partial charge is 0.338 e. The topological polar surface area (TPSA) is 52.6 Å². The Morgan fingerprint density at radius 1 is 0.719 bits per heavy atom. The molecule has 0 radical (unpaired) electrons. The van der Waals surface area contributed by atoms with Gasteiger partial charge in [-0.25, -0.2) is 4.79 Å². The lowest BCUT2D eigenvalue weighted by molar-refractivity contribution is -0.134. The average molecular weight is 427 g/mol. The predicted molar refractivity (Wildman–Crippen MR) is 128 cm³/mol. The van der Waals surface area contributed by atoms with Crippen LogP contribution in [0.4, 0.5) is 0 Å². The molecule has 0 saturated heterocycles. The molecule has 162 valence electrons. The van der Waals surface area contributed by atoms with E-state index in [2.05, 4.69) is 31.4 Å². The van der Waals surface area contributed by atoms with Crippen molar-refractivity contribution in [2.24, 2.45) is 0 Å². The third-order valence-corrected chi connectivity index (χ3v) is 4.88. The summed E-state index contributed by atoms with van der Waals surface area (Å²) in [5, 5.41) is 0. The van der Waals surface area contributed by atoms with Gasteiger partial charge in [0.25, 0.3) is 0 Å². The van der Waals surface area contributed by atoms with Gasteiger partial charge in [0.05, 0.1) is 0 Å². The lowest BCUT2D eigenvalue weighted by atomic mass is 9.94. The average Bonchev–Trinajstić information content (AvgIpc) is 2.79. The summed E-state index contributed by atoms with van der Waals surface area (Å²) in [6.07, 6.45) is 0.330. The summed E-state index contributed by atoms with van der Waals surface area (Å²) in [5.41, 5.74) is 6.34. The summed E-state index contributed by atoms with van der Waals surface area (Å²) in [4.78, 5) is 23.2. The van der Waals surface area contributed by atoms with E-state index in [4.69, 9.17) is 9.47 Å². The van der Waals surface area contributed by atoms with Gasteiger partial charge in [-0.15, -0.1) is 0 Å². The molecule has 3 aromatic rings. The molecule has 3 aromatic carbocycles. The van der Waals surface area contributed by atoms with Gasteiger partial charge in [0, 0.05) is 12.0 Å². The quantitative estimate of drug-likeness (QED) is 0.235. The number of rotatable bonds is 7. The number of carbonyl (C=O) groups is 2. The molecule has 4 heteroatoms. The Bertz CT molecular complexity index is 1170. The van der Waals surface area contributed by atoms with Crippen molar-refractivity contribution in [3.05, 3.63) is 91.0 Å². The molecule has 0 aromatic heterocycles. The Morgan fingerprint density at radius 3 is 1.59 bits per heavy atom. The maximum Gasteiger partial charge on any atom is 0.338 e. The second kappa shape index (κ2) is 9.92. The second-order valence-corrected chi connectivity index (χ2v) is 7.63. The van der Waals surface area contributed by atoms with Gasteiger partial charge in [0.1, 0.15) is 11.5 Å². The molecule has 0 unspecified atom stereocenters. The molecule has 0 N–H and O–H groups in total. The van der Waals surface area contributed by atoms with Crippen LogP contribution in [0.25, 0.3) is 27.8 Å². The van der Waals surface area contributed by atoms with Crippen molar-refractivity contribution >= 4 is 17.5 Å². The van der Waals surface area contributed by atoms with E-state index in [9.17, 15) is 9.59 Å². The Kier molecular flexibility index (Phi) is 7.06. The second-order valence-electron chi connectivity index (χ2n) is 7.63. The zero-order chi connectivity index (χ0) is 23.3. The van der Waals surface area contributed by atoms with Gasteiger partial charge in [-0.3, -0.25) is 4.79 Å². The number of esters is 2. The highest BCUT2D eigenvalue weighted by Gasteiger charge is 2.09. The molecule has 0 aliphatic rings. The molecule has 0 aliphatic heterocycles. The first-order chi connectivity index (χ1) is 15.3. The first kappa shape index (κ1) is 22.8. The molecule has 0 bridgehead atoms. The highest BCUT2D eigenvalue weighted by atomic mass is 16.5. The molecule has 3 rings (SSSR count). The molecule has 32 heavy (non-hydrogen) atoms. The van der Waals surface area contributed by atoms with Gasteiger partial charge < -0.3 is 9.47 Å². The van der Waals surface area contributed by atoms with Crippen LogP contribution in [-0.4, -0.2) is 11.9 Å². The highest BCUT2D eigenvalue weighted by molar-refractivity contribution is 5.89. The minimum atomic E-state index is -0.447. The zero-order valence-electron chi connectivity index (χ0n) is 18.6. The third-order valence-electron chi connectivity index (χ3n) is 4.88. The fourth-order valence-corrected chi connectivity index (χ4v) is 3.04. The fraction of sp³-hybridized carbons (Fsp3) is 0.143. The van der Waals surface area contributed by atoms with Gasteiger partial charge in [-0.2, -0.15) is 0 Å². The van der Waals surface area contributed by atoms with Crippen molar-refractivity contribution in [3.63, 3.8) is 0 Å². The van der Waals surface area contributed by atoms with E-state index < -0.39 is 5.97 Å². The standard InChI is InChI=1S/C28H26O4/c1-6-27(29)31-25-11-7-20(8-12-25)23-15-22(18(2)3)16-24(17-23)21-9-13-26(14-10-21)32-28(30)19(4)5/h7-17H,2,4,6H2,1,3,5H3. The van der Waals surface area contributed by atoms with Crippen molar-refractivity contribution in [1.29, 1.82) is 0 Å². The van der Waals surface area contributed by atoms with Crippen molar-refractivity contribution in [2.45, 2.75) is 27.2 Å². The Morgan fingerprint density at radius 2 is 1.19 bits per heavy atom. The molecule has 0 atom stereocenters. The number of carbonyl (C=O) groups excluding carboxylic acids is 2. The van der Waals surface area contributed by atoms with E-state index in [1.54, 1.807) is 38.1 Å². The van der Waals surface area contributed by atoms with Crippen molar-refractivity contribution in [1.82, 2.24) is 0 Å². The first-order valence-electron chi connectivity index (χ1n) is 10.4. The maximum absolute atomic E-state index is 11.7. The number of allylic oxidation sites excluding steroid dienone is 1. The van der Waals surface area contributed by atoms with Gasteiger partial charge in [-0.05, 0) is 84.1 Å². The summed E-state index contributed by atoms with van der Waals surface area (Å²) in [6, 6.07) is 21.1. The Balaban J connectivity index is 1.93. The highest BCUT2D eigenvalue weighted by Crippen LogP contribution is 2.32. The SMILES string of the molecule is C=C(C)C(=O)Oc1ccc(-c2cc(C(=C)C)cc(-c3ccc(OC(=O)CC)cc3)c2)cc1. The largest absolute Gasteiger partial charge is 0.427 e. The molecule has 0 saturated carbocycles. The van der Waals surface area contributed by atoms with Crippen LogP contribution in [0.3, 0.4) is 0 Å². The summed E-state index contributed by atoms with van der Waals surface area (Å²) in [6.45, 7) is 13.0. The van der Waals surface area contributed by atoms with E-state index in [1.807, 2.05) is 31.2 Å². The third kappa shape index (κ3) is 5.61. The molecule has 0 aliphatic carbocycles. The Labute approximate surface area is 188 Å². The van der Waals surface area contributed by atoms with E-state index in [0.29, 0.717) is 23.5 Å². The Hall–Kier alpha value is -3.92. The van der Waals surface area contributed by atoms with Gasteiger partial charge in [0.15, 0.2) is 0 Å². The van der Waals surface area contributed by atoms with E-state index in [1.165, 1.54) is 0 Å². The molecular formula is C28H26O4. The lowest BCUT2D eigenvalue weighted by Gasteiger charge is -2.12. The van der Waals surface area contributed by atoms with E-state index in [-0.39, 0.29) is 5.97 Å². The molecule has 0 spiro atoms. The van der Waals surface area contributed by atoms with Gasteiger partial charge >= 0.3 is 11.9 Å². The summed E-state index contributed by atoms with van der Waals surface area (Å²) in [5.74, 6) is 0.283. The van der Waals surface area contributed by atoms with E-state index >= 15 is 0 Å². The van der Waals surface area contributed by atoms with Crippen LogP contribution in [-0.2, 0) is 9.59 Å². The zero-order valence-corrected chi connectivity index (χ0v) is 18.6. The van der Waals surface area contributed by atoms with Gasteiger partial charge in [-0.1, -0.05) is 49.9 Å².